The molecular formula is C90H92ClF6N21O6. The van der Waals surface area contributed by atoms with Gasteiger partial charge in [-0.05, 0) is 182 Å². The van der Waals surface area contributed by atoms with Crippen LogP contribution in [0.3, 0.4) is 0 Å². The molecule has 2 fully saturated rings. The number of fused-ring (bicyclic) bond motifs is 3. The number of halogens is 7. The molecule has 27 nitrogen and oxygen atoms in total. The Morgan fingerprint density at radius 1 is 0.476 bits per heavy atom. The second kappa shape index (κ2) is 36.6. The normalized spacial score (nSPS) is 15.0. The molecule has 0 bridgehead atoms. The number of piperazine rings is 2. The van der Waals surface area contributed by atoms with Gasteiger partial charge < -0.3 is 45.6 Å². The van der Waals surface area contributed by atoms with E-state index in [1.54, 1.807) is 90.9 Å². The molecule has 4 N–H and O–H groups in total. The molecule has 0 radical (unpaired) electrons. The summed E-state index contributed by atoms with van der Waals surface area (Å²) >= 11 is 6.53. The van der Waals surface area contributed by atoms with Crippen LogP contribution in [0.2, 0.25) is 5.02 Å². The molecule has 7 aromatic carbocycles. The Kier molecular flexibility index (Phi) is 25.7. The number of rotatable bonds is 17. The molecule has 0 spiro atoms. The van der Waals surface area contributed by atoms with Gasteiger partial charge >= 0.3 is 30.4 Å². The Bertz CT molecular complexity index is 5810. The summed E-state index contributed by atoms with van der Waals surface area (Å²) < 4.78 is 84.5. The second-order valence-electron chi connectivity index (χ2n) is 31.1. The zero-order chi connectivity index (χ0) is 88.2. The van der Waals surface area contributed by atoms with Crippen LogP contribution in [0.1, 0.15) is 96.2 Å². The number of urea groups is 3. The number of alkyl halides is 6. The lowest BCUT2D eigenvalue weighted by molar-refractivity contribution is -0.138. The standard InChI is InChI=1S/C33H33F3N8O2.C29H35ClN6O2.C28H24F3N7O2/c1-21-7-8-26(38-30(45)22-5-4-6-24(17-22)33(34,35)36)18-28(21)44-20-23-19-37-31(40-29(23)42(3)32(44)46)39-25-9-11-27(12-10-25)43-15-13-41(2)14-16-43;1-19(2)36-28-22(18-35(29(36)37)27-20(3)7-6-8-24(27)30)17-31-26(32-28)15-21-9-10-23(16-25(21)38-5)34-13-11-33(4)12-14-34;1-16-7-9-21(34-25(39)18-5-4-6-20(11-18)28(29,30)31)12-23(16)38-15-19-13-33-26(36-24(19)37(3)27(38)40)35-22-10-8-17(2)32-14-22/h4-12,17-19H,13-16,20H2,1-3H3,(H,38,45)(H,37,39,40);6-10,16-17,19H,11-15,18H2,1-5H3;4-14H,15H2,1-3H3,(H,34,39)(H,33,35,36). The largest absolute Gasteiger partial charge is 0.496 e. The van der Waals surface area contributed by atoms with Crippen molar-refractivity contribution in [2.24, 2.45) is 0 Å². The van der Waals surface area contributed by atoms with Gasteiger partial charge in [0, 0.05) is 171 Å². The lowest BCUT2D eigenvalue weighted by atomic mass is 10.1. The highest BCUT2D eigenvalue weighted by Gasteiger charge is 2.39. The van der Waals surface area contributed by atoms with Crippen molar-refractivity contribution in [3.05, 3.63) is 260 Å². The van der Waals surface area contributed by atoms with Gasteiger partial charge in [0.2, 0.25) is 11.9 Å². The van der Waals surface area contributed by atoms with Crippen molar-refractivity contribution in [3.63, 3.8) is 0 Å². The molecule has 16 rings (SSSR count). The van der Waals surface area contributed by atoms with E-state index in [-0.39, 0.29) is 48.4 Å². The van der Waals surface area contributed by atoms with Crippen LogP contribution in [-0.4, -0.2) is 168 Å². The number of hydrogen-bond acceptors (Lipinski definition) is 19. The van der Waals surface area contributed by atoms with E-state index in [0.717, 1.165) is 144 Å². The van der Waals surface area contributed by atoms with E-state index in [4.69, 9.17) is 26.3 Å². The Hall–Kier alpha value is -13.5. The first-order chi connectivity index (χ1) is 59.2. The van der Waals surface area contributed by atoms with Gasteiger partial charge in [0.05, 0.1) is 71.8 Å². The molecule has 11 aromatic rings. The summed E-state index contributed by atoms with van der Waals surface area (Å²) in [5.74, 6) is 2.31. The zero-order valence-electron chi connectivity index (χ0n) is 70.1. The number of nitrogens with one attached hydrogen (secondary N) is 4. The molecule has 2 saturated heterocycles. The number of aromatic nitrogens is 7. The monoisotopic (exact) mass is 1710 g/mol. The lowest BCUT2D eigenvalue weighted by Gasteiger charge is -2.39. The minimum Gasteiger partial charge on any atom is -0.496 e. The first kappa shape index (κ1) is 86.8. The molecule has 34 heteroatoms. The summed E-state index contributed by atoms with van der Waals surface area (Å²) in [6.45, 7) is 20.3. The summed E-state index contributed by atoms with van der Waals surface area (Å²) in [5.41, 5.74) is 10.9. The van der Waals surface area contributed by atoms with Crippen molar-refractivity contribution in [2.45, 2.75) is 86.0 Å². The number of amides is 8. The predicted octanol–water partition coefficient (Wildman–Crippen LogP) is 17.4. The Balaban J connectivity index is 0.000000152. The number of pyridine rings is 1. The van der Waals surface area contributed by atoms with Crippen LogP contribution < -0.4 is 65.2 Å². The van der Waals surface area contributed by atoms with E-state index in [0.29, 0.717) is 87.2 Å². The molecule has 0 unspecified atom stereocenters. The predicted molar refractivity (Wildman–Crippen MR) is 470 cm³/mol. The van der Waals surface area contributed by atoms with Crippen LogP contribution in [0.15, 0.2) is 183 Å². The van der Waals surface area contributed by atoms with E-state index in [2.05, 4.69) is 110 Å². The van der Waals surface area contributed by atoms with Crippen LogP contribution in [0.25, 0.3) is 0 Å². The topological polar surface area (TPSA) is 265 Å². The first-order valence-electron chi connectivity index (χ1n) is 40.0. The van der Waals surface area contributed by atoms with Crippen LogP contribution in [-0.2, 0) is 38.4 Å². The number of hydrogen-bond donors (Lipinski definition) is 4. The van der Waals surface area contributed by atoms with Crippen molar-refractivity contribution in [3.8, 4) is 5.75 Å². The van der Waals surface area contributed by atoms with Gasteiger partial charge in [-0.3, -0.25) is 44.0 Å². The quantitative estimate of drug-likeness (QED) is 0.0617. The first-order valence-corrected chi connectivity index (χ1v) is 40.4. The number of anilines is 14. The highest BCUT2D eigenvalue weighted by atomic mass is 35.5. The van der Waals surface area contributed by atoms with Crippen LogP contribution >= 0.6 is 11.6 Å². The zero-order valence-corrected chi connectivity index (χ0v) is 70.8. The van der Waals surface area contributed by atoms with E-state index in [9.17, 15) is 50.3 Å². The summed E-state index contributed by atoms with van der Waals surface area (Å²) in [6.07, 6.45) is -1.82. The van der Waals surface area contributed by atoms with Gasteiger partial charge in [0.15, 0.2) is 0 Å². The van der Waals surface area contributed by atoms with Crippen molar-refractivity contribution in [1.82, 2.24) is 44.7 Å². The Morgan fingerprint density at radius 3 is 1.44 bits per heavy atom. The smallest absolute Gasteiger partial charge is 0.416 e. The highest BCUT2D eigenvalue weighted by Crippen LogP contribution is 2.41. The van der Waals surface area contributed by atoms with Gasteiger partial charge in [0.25, 0.3) is 11.8 Å². The van der Waals surface area contributed by atoms with Crippen LogP contribution in [0.5, 0.6) is 5.75 Å². The maximum Gasteiger partial charge on any atom is 0.416 e. The third-order valence-corrected chi connectivity index (χ3v) is 22.2. The number of aryl methyl sites for hydroxylation is 4. The van der Waals surface area contributed by atoms with Crippen molar-refractivity contribution >= 4 is 122 Å². The van der Waals surface area contributed by atoms with Crippen molar-refractivity contribution in [2.75, 3.05) is 148 Å². The van der Waals surface area contributed by atoms with Gasteiger partial charge in [-0.2, -0.15) is 36.3 Å². The summed E-state index contributed by atoms with van der Waals surface area (Å²) in [6, 6.07) is 41.3. The van der Waals surface area contributed by atoms with Gasteiger partial charge in [-0.25, -0.2) is 34.3 Å². The number of methoxy groups -OCH3 is 1. The molecule has 8 amide bonds. The summed E-state index contributed by atoms with van der Waals surface area (Å²) in [5, 5.41) is 12.1. The Labute approximate surface area is 718 Å². The lowest BCUT2D eigenvalue weighted by Crippen LogP contribution is -2.51. The maximum absolute atomic E-state index is 13.7. The fourth-order valence-electron chi connectivity index (χ4n) is 15.0. The average Bonchev–Trinajstić information content (AvgIpc) is 0.748. The number of nitrogens with zero attached hydrogens (tertiary/aromatic N) is 17. The molecule has 642 valence electrons. The molecule has 0 saturated carbocycles. The van der Waals surface area contributed by atoms with Crippen LogP contribution in [0, 0.1) is 27.7 Å². The number of carbonyl (C=O) groups is 5. The molecule has 0 atom stereocenters. The van der Waals surface area contributed by atoms with Crippen molar-refractivity contribution in [1.29, 1.82) is 0 Å². The summed E-state index contributed by atoms with van der Waals surface area (Å²) in [7, 11) is 9.21. The SMILES string of the molecule is COc1cc(N2CCN(C)CC2)ccc1Cc1ncc2c(n1)N(C(C)C)C(=O)N(c1c(C)cccc1Cl)C2.Cc1ccc(NC(=O)c2cccc(C(F)(F)F)c2)cc1N1Cc2cnc(Nc3ccc(N4CCN(C)CC4)cc3)nc2N(C)C1=O.Cc1ccc(Nc2ncc3c(n2)N(C)C(=O)N(c2cc(NC(=O)c4cccc(C(F)(F)F)c4)ccc2C)C3)cn1. The number of likely N-dealkylation sites (N-methyl/N-ethyl adjacent to an activating group) is 2. The number of ether oxygens (including phenoxy) is 1. The van der Waals surface area contributed by atoms with E-state index < -0.39 is 35.3 Å². The van der Waals surface area contributed by atoms with Gasteiger partial charge in [-0.15, -0.1) is 0 Å². The molecular weight excluding hydrogens is 1620 g/mol. The fourth-order valence-corrected chi connectivity index (χ4v) is 15.3. The molecule has 5 aliphatic rings. The third-order valence-electron chi connectivity index (χ3n) is 21.9. The summed E-state index contributed by atoms with van der Waals surface area (Å²) in [4.78, 5) is 117. The van der Waals surface area contributed by atoms with E-state index >= 15 is 0 Å². The molecule has 9 heterocycles. The minimum atomic E-state index is -4.57. The maximum atomic E-state index is 13.7. The Morgan fingerprint density at radius 2 is 0.944 bits per heavy atom. The minimum absolute atomic E-state index is 0.0907. The van der Waals surface area contributed by atoms with Gasteiger partial charge in [-0.1, -0.05) is 54.1 Å². The average molecular weight is 1710 g/mol. The van der Waals surface area contributed by atoms with Crippen molar-refractivity contribution < 1.29 is 55.1 Å². The molecule has 124 heavy (non-hydrogen) atoms. The number of carbonyl (C=O) groups excluding carboxylic acids is 5. The van der Waals surface area contributed by atoms with E-state index in [1.165, 1.54) is 39.0 Å². The van der Waals surface area contributed by atoms with Gasteiger partial charge in [0.1, 0.15) is 29.0 Å². The number of para-hydroxylation sites is 1. The number of benzene rings is 7. The van der Waals surface area contributed by atoms with E-state index in [1.807, 2.05) is 90.2 Å². The second-order valence-corrected chi connectivity index (χ2v) is 31.5. The molecule has 4 aromatic heterocycles. The fraction of sp³-hybridized carbons (Fsp3) is 0.289. The highest BCUT2D eigenvalue weighted by molar-refractivity contribution is 6.34. The molecule has 0 aliphatic carbocycles. The van der Waals surface area contributed by atoms with Crippen LogP contribution in [0.4, 0.5) is 121 Å². The third kappa shape index (κ3) is 19.7. The molecule has 5 aliphatic heterocycles.